The van der Waals surface area contributed by atoms with Gasteiger partial charge in [-0.2, -0.15) is 0 Å². The maximum absolute atomic E-state index is 11.3. The number of nitrogens with two attached hydrogens (primary N) is 5. The third-order valence-corrected chi connectivity index (χ3v) is 10.3. The summed E-state index contributed by atoms with van der Waals surface area (Å²) in [6.45, 7) is 0. The number of anilines is 5. The Morgan fingerprint density at radius 2 is 0.757 bits per heavy atom. The van der Waals surface area contributed by atoms with Crippen LogP contribution >= 0.6 is 0 Å². The van der Waals surface area contributed by atoms with E-state index in [2.05, 4.69) is 39.9 Å². The van der Waals surface area contributed by atoms with Gasteiger partial charge in [-0.05, 0) is 60.7 Å². The Bertz CT molecular complexity index is 3500. The highest BCUT2D eigenvalue weighted by molar-refractivity contribution is 6.02. The maximum Gasteiger partial charge on any atom is 0.337 e. The van der Waals surface area contributed by atoms with Gasteiger partial charge in [-0.15, -0.1) is 0 Å². The summed E-state index contributed by atoms with van der Waals surface area (Å²) in [5, 5.41) is 48.3. The van der Waals surface area contributed by atoms with Gasteiger partial charge in [-0.3, -0.25) is 20.2 Å². The van der Waals surface area contributed by atoms with Crippen LogP contribution in [0.15, 0.2) is 109 Å². The molecule has 4 heterocycles. The number of fused-ring (bicyclic) bond motifs is 4. The Morgan fingerprint density at radius 1 is 0.429 bits per heavy atom. The number of non-ortho nitro benzene ring substituents is 1. The van der Waals surface area contributed by atoms with Crippen LogP contribution in [0.5, 0.6) is 0 Å². The molecule has 0 aliphatic rings. The number of nitrogen functional groups attached to an aromatic ring is 5. The molecule has 0 spiro atoms. The zero-order valence-corrected chi connectivity index (χ0v) is 36.1. The normalized spacial score (nSPS) is 10.7. The summed E-state index contributed by atoms with van der Waals surface area (Å²) in [7, 11) is 0. The highest BCUT2D eigenvalue weighted by Crippen LogP contribution is 2.27. The van der Waals surface area contributed by atoms with Gasteiger partial charge >= 0.3 is 17.9 Å². The Kier molecular flexibility index (Phi) is 13.5. The van der Waals surface area contributed by atoms with Crippen LogP contribution in [0.2, 0.25) is 0 Å². The molecule has 10 aromatic rings. The molecule has 0 atom stereocenters. The monoisotopic (exact) mass is 949 g/mol. The van der Waals surface area contributed by atoms with Crippen LogP contribution < -0.4 is 28.7 Å². The first-order chi connectivity index (χ1) is 33.4. The third-order valence-electron chi connectivity index (χ3n) is 10.3. The van der Waals surface area contributed by atoms with Crippen molar-refractivity contribution in [2.24, 2.45) is 0 Å². The molecule has 0 aliphatic carbocycles. The smallest absolute Gasteiger partial charge is 0.337 e. The first-order valence-corrected chi connectivity index (χ1v) is 20.3. The number of carbonyl (C=O) groups is 3. The number of nitro groups is 2. The Labute approximate surface area is 391 Å². The molecule has 6 aromatic carbocycles. The van der Waals surface area contributed by atoms with Crippen molar-refractivity contribution < 1.29 is 39.5 Å². The molecule has 0 fully saturated rings. The lowest BCUT2D eigenvalue weighted by molar-refractivity contribution is -0.383. The molecule has 25 heteroatoms. The fraction of sp³-hybridized carbons (Fsp3) is 0.0444. The van der Waals surface area contributed by atoms with Gasteiger partial charge in [-0.1, -0.05) is 36.4 Å². The van der Waals surface area contributed by atoms with Crippen LogP contribution in [0.1, 0.15) is 54.4 Å². The van der Waals surface area contributed by atoms with Crippen molar-refractivity contribution >= 4 is 102 Å². The van der Waals surface area contributed by atoms with Crippen molar-refractivity contribution in [3.8, 4) is 0 Å². The van der Waals surface area contributed by atoms with E-state index < -0.39 is 27.8 Å². The molecule has 0 unspecified atom stereocenters. The summed E-state index contributed by atoms with van der Waals surface area (Å²) < 4.78 is 0. The molecule has 70 heavy (non-hydrogen) atoms. The molecule has 10 rings (SSSR count). The SMILES string of the molecule is Nc1cccc(C(=O)O)c1N.Nc1cccc([N+](=O)[O-])c1N.Nc1cccc2[nH]c(Cc3nc4c(C(=O)O)cccc4[nH]3)nc12.O=C(O)c1cccc2[nH]c(Cc3nc4c([N+](=O)[O-])cccc4[nH]3)nc12. The van der Waals surface area contributed by atoms with Gasteiger partial charge in [-0.25, -0.2) is 34.3 Å². The van der Waals surface area contributed by atoms with Gasteiger partial charge in [0.25, 0.3) is 11.4 Å². The van der Waals surface area contributed by atoms with Crippen LogP contribution in [0.25, 0.3) is 44.1 Å². The van der Waals surface area contributed by atoms with Crippen molar-refractivity contribution in [2.75, 3.05) is 28.7 Å². The van der Waals surface area contributed by atoms with Gasteiger partial charge < -0.3 is 63.9 Å². The number of H-pyrrole nitrogens is 4. The number of hydrogen-bond acceptors (Lipinski definition) is 16. The highest BCUT2D eigenvalue weighted by Gasteiger charge is 2.19. The summed E-state index contributed by atoms with van der Waals surface area (Å²) in [6.07, 6.45) is 0.696. The molecule has 4 aromatic heterocycles. The third kappa shape index (κ3) is 10.3. The number of rotatable bonds is 9. The number of aromatic amines is 4. The van der Waals surface area contributed by atoms with E-state index in [0.29, 0.717) is 68.7 Å². The molecular formula is C45H39N15O10. The Balaban J connectivity index is 0.000000147. The van der Waals surface area contributed by atoms with E-state index in [4.69, 9.17) is 33.8 Å². The average molecular weight is 950 g/mol. The quantitative estimate of drug-likeness (QED) is 0.0431. The van der Waals surface area contributed by atoms with Crippen LogP contribution in [0, 0.1) is 20.2 Å². The lowest BCUT2D eigenvalue weighted by Gasteiger charge is -2.01. The molecule has 17 N–H and O–H groups in total. The highest BCUT2D eigenvalue weighted by atomic mass is 16.6. The van der Waals surface area contributed by atoms with Crippen molar-refractivity contribution in [3.63, 3.8) is 0 Å². The number of nitro benzene ring substituents is 2. The van der Waals surface area contributed by atoms with E-state index in [0.717, 1.165) is 11.0 Å². The molecule has 0 saturated heterocycles. The number of para-hydroxylation sites is 6. The predicted octanol–water partition coefficient (Wildman–Crippen LogP) is 6.26. The summed E-state index contributed by atoms with van der Waals surface area (Å²) >= 11 is 0. The lowest BCUT2D eigenvalue weighted by Crippen LogP contribution is -2.04. The fourth-order valence-corrected chi connectivity index (χ4v) is 6.98. The second kappa shape index (κ2) is 19.9. The van der Waals surface area contributed by atoms with E-state index in [1.807, 2.05) is 12.1 Å². The summed E-state index contributed by atoms with van der Waals surface area (Å²) in [6, 6.07) is 29.0. The van der Waals surface area contributed by atoms with E-state index in [1.54, 1.807) is 54.6 Å². The minimum Gasteiger partial charge on any atom is -0.478 e. The number of aromatic nitrogens is 8. The van der Waals surface area contributed by atoms with Gasteiger partial charge in [0.1, 0.15) is 45.5 Å². The minimum atomic E-state index is -1.06. The molecule has 25 nitrogen and oxygen atoms in total. The number of carboxylic acid groups (broad SMARTS) is 3. The van der Waals surface area contributed by atoms with Gasteiger partial charge in [0.15, 0.2) is 5.52 Å². The van der Waals surface area contributed by atoms with E-state index in [-0.39, 0.29) is 57.1 Å². The van der Waals surface area contributed by atoms with Crippen LogP contribution in [-0.4, -0.2) is 82.9 Å². The molecular weight excluding hydrogens is 911 g/mol. The number of nitrogens with one attached hydrogen (secondary N) is 4. The van der Waals surface area contributed by atoms with Gasteiger partial charge in [0.2, 0.25) is 0 Å². The summed E-state index contributed by atoms with van der Waals surface area (Å²) in [5.74, 6) is -0.728. The largest absolute Gasteiger partial charge is 0.478 e. The van der Waals surface area contributed by atoms with E-state index >= 15 is 0 Å². The number of benzene rings is 6. The zero-order chi connectivity index (χ0) is 50.4. The molecule has 0 bridgehead atoms. The van der Waals surface area contributed by atoms with Crippen molar-refractivity contribution in [1.82, 2.24) is 39.9 Å². The Hall–Kier alpha value is -10.6. The second-order valence-electron chi connectivity index (χ2n) is 14.9. The molecule has 0 aliphatic heterocycles. The van der Waals surface area contributed by atoms with Crippen LogP contribution in [0.3, 0.4) is 0 Å². The van der Waals surface area contributed by atoms with Crippen molar-refractivity contribution in [1.29, 1.82) is 0 Å². The second-order valence-corrected chi connectivity index (χ2v) is 14.9. The van der Waals surface area contributed by atoms with E-state index in [9.17, 15) is 44.8 Å². The Morgan fingerprint density at radius 3 is 1.19 bits per heavy atom. The van der Waals surface area contributed by atoms with Crippen LogP contribution in [-0.2, 0) is 12.8 Å². The standard InChI is InChI=1S/C16H11N5O4.C16H13N5O2.C7H8N2O2.C6H7N3O2/c22-16(23)8-3-1-4-9-14(8)19-12(17-9)7-13-18-10-5-2-6-11(21(24)25)15(10)20-13;17-9-4-2-6-11-15(9)21-13(19-11)7-12-18-10-5-1-3-8(16(22)23)14(10)20-12;8-5-3-1-2-4(6(5)9)7(10)11;7-4-2-1-3-5(6(4)8)9(10)11/h1-6H,7H2,(H,17,19)(H,18,20)(H,22,23);1-6H,7,17H2,(H,18,20)(H,19,21)(H,22,23);1-3H,8-9H2,(H,10,11);1-3H,7-8H2. The maximum atomic E-state index is 11.3. The zero-order valence-electron chi connectivity index (χ0n) is 36.1. The molecule has 0 saturated carbocycles. The van der Waals surface area contributed by atoms with Gasteiger partial charge in [0.05, 0.1) is 84.2 Å². The molecule has 354 valence electrons. The number of aromatic carboxylic acids is 3. The number of nitrogens with zero attached hydrogens (tertiary/aromatic N) is 6. The number of carboxylic acids is 3. The average Bonchev–Trinajstić information content (AvgIpc) is 4.13. The number of imidazole rings is 4. The molecule has 0 radical (unpaired) electrons. The first-order valence-electron chi connectivity index (χ1n) is 20.3. The van der Waals surface area contributed by atoms with Crippen molar-refractivity contribution in [2.45, 2.75) is 12.8 Å². The minimum absolute atomic E-state index is 0.0255. The van der Waals surface area contributed by atoms with Gasteiger partial charge in [0, 0.05) is 12.1 Å². The number of hydrogen-bond donors (Lipinski definition) is 12. The topological polar surface area (TPSA) is 443 Å². The van der Waals surface area contributed by atoms with Crippen LogP contribution in [0.4, 0.5) is 39.8 Å². The van der Waals surface area contributed by atoms with E-state index in [1.165, 1.54) is 42.5 Å². The lowest BCUT2D eigenvalue weighted by atomic mass is 10.1. The molecule has 0 amide bonds. The predicted molar refractivity (Wildman–Crippen MR) is 259 cm³/mol. The summed E-state index contributed by atoms with van der Waals surface area (Å²) in [4.78, 5) is 83.1. The van der Waals surface area contributed by atoms with Crippen molar-refractivity contribution in [3.05, 3.63) is 169 Å². The summed E-state index contributed by atoms with van der Waals surface area (Å²) in [5.41, 5.74) is 33.3. The fourth-order valence-electron chi connectivity index (χ4n) is 6.98. The first kappa shape index (κ1) is 47.4.